The molecule has 0 fully saturated rings. The Kier molecular flexibility index (Phi) is 4.52. The standard InChI is InChI=1S/C20H17FN4O2/c1-13(26-2)27-19-5-3-4-14-6-11-17(22-20(14)19)18-12-25(24-23-18)16-9-7-15(21)8-10-16/h3-13H,1-2H3. The number of hydrogen-bond donors (Lipinski definition) is 0. The van der Waals surface area contributed by atoms with Crippen LogP contribution in [0.15, 0.2) is 60.8 Å². The van der Waals surface area contributed by atoms with E-state index in [2.05, 4.69) is 10.3 Å². The summed E-state index contributed by atoms with van der Waals surface area (Å²) in [6.07, 6.45) is 1.36. The maximum atomic E-state index is 13.1. The molecule has 1 unspecified atom stereocenters. The van der Waals surface area contributed by atoms with Crippen molar-refractivity contribution in [3.8, 4) is 22.8 Å². The van der Waals surface area contributed by atoms with Gasteiger partial charge in [0, 0.05) is 12.5 Å². The van der Waals surface area contributed by atoms with Crippen LogP contribution in [0.1, 0.15) is 6.92 Å². The predicted octanol–water partition coefficient (Wildman–Crippen LogP) is 3.99. The van der Waals surface area contributed by atoms with Gasteiger partial charge in [-0.2, -0.15) is 0 Å². The molecule has 4 rings (SSSR count). The van der Waals surface area contributed by atoms with Gasteiger partial charge in [0.1, 0.15) is 22.8 Å². The second kappa shape index (κ2) is 7.13. The number of rotatable bonds is 5. The summed E-state index contributed by atoms with van der Waals surface area (Å²) in [5.41, 5.74) is 2.71. The Bertz CT molecular complexity index is 1080. The van der Waals surface area contributed by atoms with Crippen molar-refractivity contribution in [3.05, 3.63) is 66.6 Å². The number of para-hydroxylation sites is 1. The first-order valence-corrected chi connectivity index (χ1v) is 8.42. The third-order valence-electron chi connectivity index (χ3n) is 4.16. The summed E-state index contributed by atoms with van der Waals surface area (Å²) >= 11 is 0. The molecule has 1 atom stereocenters. The topological polar surface area (TPSA) is 62.1 Å². The number of hydrogen-bond acceptors (Lipinski definition) is 5. The quantitative estimate of drug-likeness (QED) is 0.501. The highest BCUT2D eigenvalue weighted by Gasteiger charge is 2.12. The van der Waals surface area contributed by atoms with Gasteiger partial charge >= 0.3 is 0 Å². The molecule has 0 saturated heterocycles. The first kappa shape index (κ1) is 17.1. The van der Waals surface area contributed by atoms with Crippen LogP contribution >= 0.6 is 0 Å². The fourth-order valence-electron chi connectivity index (χ4n) is 2.69. The zero-order valence-electron chi connectivity index (χ0n) is 14.8. The van der Waals surface area contributed by atoms with E-state index in [9.17, 15) is 4.39 Å². The molecule has 0 saturated carbocycles. The van der Waals surface area contributed by atoms with Crippen LogP contribution in [0.25, 0.3) is 28.0 Å². The molecule has 0 aliphatic rings. The number of halogens is 1. The van der Waals surface area contributed by atoms with Crippen LogP contribution in [0, 0.1) is 5.82 Å². The lowest BCUT2D eigenvalue weighted by Gasteiger charge is -2.14. The van der Waals surface area contributed by atoms with Crippen LogP contribution in [0.3, 0.4) is 0 Å². The summed E-state index contributed by atoms with van der Waals surface area (Å²) in [6.45, 7) is 1.82. The lowest BCUT2D eigenvalue weighted by Crippen LogP contribution is -2.13. The summed E-state index contributed by atoms with van der Waals surface area (Å²) in [5.74, 6) is 0.336. The summed E-state index contributed by atoms with van der Waals surface area (Å²) < 4.78 is 25.6. The van der Waals surface area contributed by atoms with Crippen LogP contribution < -0.4 is 4.74 Å². The second-order valence-corrected chi connectivity index (χ2v) is 5.97. The van der Waals surface area contributed by atoms with Crippen LogP contribution in [-0.4, -0.2) is 33.4 Å². The van der Waals surface area contributed by atoms with Crippen molar-refractivity contribution in [1.82, 2.24) is 20.0 Å². The highest BCUT2D eigenvalue weighted by molar-refractivity contribution is 5.86. The molecule has 2 aromatic heterocycles. The number of methoxy groups -OCH3 is 1. The lowest BCUT2D eigenvalue weighted by atomic mass is 10.1. The number of benzene rings is 2. The molecular formula is C20H17FN4O2. The van der Waals surface area contributed by atoms with Crippen molar-refractivity contribution < 1.29 is 13.9 Å². The van der Waals surface area contributed by atoms with Gasteiger partial charge in [-0.15, -0.1) is 5.10 Å². The van der Waals surface area contributed by atoms with Gasteiger partial charge in [0.05, 0.1) is 17.6 Å². The first-order chi connectivity index (χ1) is 13.1. The van der Waals surface area contributed by atoms with E-state index in [1.165, 1.54) is 12.1 Å². The van der Waals surface area contributed by atoms with E-state index >= 15 is 0 Å². The SMILES string of the molecule is COC(C)Oc1cccc2ccc(-c3cn(-c4ccc(F)cc4)nn3)nc12. The fourth-order valence-corrected chi connectivity index (χ4v) is 2.69. The summed E-state index contributed by atoms with van der Waals surface area (Å²) in [6, 6.07) is 15.6. The summed E-state index contributed by atoms with van der Waals surface area (Å²) in [5, 5.41) is 9.25. The molecule has 0 N–H and O–H groups in total. The Morgan fingerprint density at radius 1 is 1.00 bits per heavy atom. The average Bonchev–Trinajstić information content (AvgIpc) is 3.18. The average molecular weight is 364 g/mol. The number of ether oxygens (including phenoxy) is 2. The number of pyridine rings is 1. The molecular weight excluding hydrogens is 347 g/mol. The number of fused-ring (bicyclic) bond motifs is 1. The van der Waals surface area contributed by atoms with Crippen molar-refractivity contribution in [2.24, 2.45) is 0 Å². The molecule has 0 amide bonds. The van der Waals surface area contributed by atoms with Crippen molar-refractivity contribution >= 4 is 10.9 Å². The van der Waals surface area contributed by atoms with E-state index < -0.39 is 0 Å². The Balaban J connectivity index is 1.72. The van der Waals surface area contributed by atoms with Crippen molar-refractivity contribution in [2.45, 2.75) is 13.2 Å². The van der Waals surface area contributed by atoms with Gasteiger partial charge < -0.3 is 9.47 Å². The zero-order valence-corrected chi connectivity index (χ0v) is 14.8. The van der Waals surface area contributed by atoms with Gasteiger partial charge in [0.15, 0.2) is 6.29 Å². The third-order valence-corrected chi connectivity index (χ3v) is 4.16. The Hall–Kier alpha value is -3.32. The molecule has 7 heteroatoms. The number of nitrogens with zero attached hydrogens (tertiary/aromatic N) is 4. The fraction of sp³-hybridized carbons (Fsp3) is 0.150. The van der Waals surface area contributed by atoms with Crippen molar-refractivity contribution in [2.75, 3.05) is 7.11 Å². The van der Waals surface area contributed by atoms with E-state index in [1.807, 2.05) is 37.3 Å². The Morgan fingerprint density at radius 2 is 1.81 bits per heavy atom. The van der Waals surface area contributed by atoms with Gasteiger partial charge in [-0.05, 0) is 43.3 Å². The minimum atomic E-state index is -0.389. The highest BCUT2D eigenvalue weighted by atomic mass is 19.1. The summed E-state index contributed by atoms with van der Waals surface area (Å²) in [4.78, 5) is 4.70. The van der Waals surface area contributed by atoms with E-state index in [0.29, 0.717) is 22.8 Å². The van der Waals surface area contributed by atoms with E-state index in [4.69, 9.17) is 14.5 Å². The van der Waals surface area contributed by atoms with E-state index in [0.717, 1.165) is 10.9 Å². The van der Waals surface area contributed by atoms with Crippen molar-refractivity contribution in [1.29, 1.82) is 0 Å². The van der Waals surface area contributed by atoms with Crippen LogP contribution in [0.2, 0.25) is 0 Å². The molecule has 6 nitrogen and oxygen atoms in total. The van der Waals surface area contributed by atoms with Gasteiger partial charge in [0.25, 0.3) is 0 Å². The minimum absolute atomic E-state index is 0.298. The van der Waals surface area contributed by atoms with Gasteiger partial charge in [-0.25, -0.2) is 14.1 Å². The van der Waals surface area contributed by atoms with Gasteiger partial charge in [-0.3, -0.25) is 0 Å². The smallest absolute Gasteiger partial charge is 0.196 e. The van der Waals surface area contributed by atoms with Crippen LogP contribution in [-0.2, 0) is 4.74 Å². The zero-order chi connectivity index (χ0) is 18.8. The predicted molar refractivity (Wildman–Crippen MR) is 99.2 cm³/mol. The molecule has 0 spiro atoms. The molecule has 2 aromatic carbocycles. The van der Waals surface area contributed by atoms with Gasteiger partial charge in [-0.1, -0.05) is 23.4 Å². The highest BCUT2D eigenvalue weighted by Crippen LogP contribution is 2.27. The maximum absolute atomic E-state index is 13.1. The molecule has 0 aliphatic heterocycles. The molecule has 27 heavy (non-hydrogen) atoms. The van der Waals surface area contributed by atoms with Crippen molar-refractivity contribution in [3.63, 3.8) is 0 Å². The maximum Gasteiger partial charge on any atom is 0.196 e. The molecule has 0 aliphatic carbocycles. The van der Waals surface area contributed by atoms with E-state index in [1.54, 1.807) is 30.1 Å². The lowest BCUT2D eigenvalue weighted by molar-refractivity contribution is -0.0374. The minimum Gasteiger partial charge on any atom is -0.463 e. The Labute approximate surface area is 155 Å². The second-order valence-electron chi connectivity index (χ2n) is 5.97. The van der Waals surface area contributed by atoms with Crippen LogP contribution in [0.5, 0.6) is 5.75 Å². The molecule has 4 aromatic rings. The largest absolute Gasteiger partial charge is 0.463 e. The molecule has 136 valence electrons. The normalized spacial score (nSPS) is 12.3. The monoisotopic (exact) mass is 364 g/mol. The van der Waals surface area contributed by atoms with Crippen LogP contribution in [0.4, 0.5) is 4.39 Å². The Morgan fingerprint density at radius 3 is 2.59 bits per heavy atom. The molecule has 2 heterocycles. The number of aromatic nitrogens is 4. The molecule has 0 radical (unpaired) electrons. The van der Waals surface area contributed by atoms with Gasteiger partial charge in [0.2, 0.25) is 0 Å². The molecule has 0 bridgehead atoms. The first-order valence-electron chi connectivity index (χ1n) is 8.42. The third kappa shape index (κ3) is 3.50. The summed E-state index contributed by atoms with van der Waals surface area (Å²) in [7, 11) is 1.59. The van der Waals surface area contributed by atoms with E-state index in [-0.39, 0.29) is 12.1 Å².